The standard InChI is InChI=1S/C13H21NO2/c1-4-9-7-11-10(13(15)16)5-6-12(11)14(9)8(2)3/h4,8,10-12H,5-7H2,1-3H3,(H,15,16)/b9-4+. The van der Waals surface area contributed by atoms with Gasteiger partial charge in [0.15, 0.2) is 0 Å². The van der Waals surface area contributed by atoms with Gasteiger partial charge in [-0.3, -0.25) is 4.79 Å². The molecule has 0 aromatic heterocycles. The van der Waals surface area contributed by atoms with Gasteiger partial charge in [0.2, 0.25) is 0 Å². The number of nitrogens with zero attached hydrogens (tertiary/aromatic N) is 1. The summed E-state index contributed by atoms with van der Waals surface area (Å²) in [5.41, 5.74) is 1.34. The Kier molecular flexibility index (Phi) is 2.96. The first-order valence-corrected chi connectivity index (χ1v) is 6.22. The lowest BCUT2D eigenvalue weighted by Gasteiger charge is -2.31. The van der Waals surface area contributed by atoms with Crippen LogP contribution >= 0.6 is 0 Å². The normalized spacial score (nSPS) is 36.1. The molecule has 2 aliphatic rings. The molecule has 2 rings (SSSR count). The van der Waals surface area contributed by atoms with E-state index in [0.717, 1.165) is 19.3 Å². The van der Waals surface area contributed by atoms with Crippen LogP contribution in [0.2, 0.25) is 0 Å². The number of allylic oxidation sites excluding steroid dienone is 2. The fraction of sp³-hybridized carbons (Fsp3) is 0.769. The highest BCUT2D eigenvalue weighted by Crippen LogP contribution is 2.47. The summed E-state index contributed by atoms with van der Waals surface area (Å²) in [5, 5.41) is 9.21. The Balaban J connectivity index is 2.23. The first-order chi connectivity index (χ1) is 7.56. The van der Waals surface area contributed by atoms with Crippen molar-refractivity contribution in [2.24, 2.45) is 11.8 Å². The van der Waals surface area contributed by atoms with Gasteiger partial charge in [-0.2, -0.15) is 0 Å². The van der Waals surface area contributed by atoms with Gasteiger partial charge in [-0.15, -0.1) is 0 Å². The summed E-state index contributed by atoms with van der Waals surface area (Å²) >= 11 is 0. The number of hydrogen-bond donors (Lipinski definition) is 1. The molecule has 3 atom stereocenters. The highest BCUT2D eigenvalue weighted by atomic mass is 16.4. The summed E-state index contributed by atoms with van der Waals surface area (Å²) < 4.78 is 0. The summed E-state index contributed by atoms with van der Waals surface area (Å²) in [6.07, 6.45) is 5.00. The third kappa shape index (κ3) is 1.62. The van der Waals surface area contributed by atoms with E-state index in [1.807, 2.05) is 0 Å². The minimum Gasteiger partial charge on any atom is -0.481 e. The van der Waals surface area contributed by atoms with Crippen LogP contribution in [0.4, 0.5) is 0 Å². The maximum Gasteiger partial charge on any atom is 0.306 e. The molecule has 1 aliphatic carbocycles. The van der Waals surface area contributed by atoms with E-state index in [2.05, 4.69) is 31.7 Å². The molecule has 0 spiro atoms. The molecular formula is C13H21NO2. The number of carboxylic acids is 1. The molecule has 16 heavy (non-hydrogen) atoms. The molecule has 0 aromatic rings. The van der Waals surface area contributed by atoms with E-state index in [9.17, 15) is 9.90 Å². The van der Waals surface area contributed by atoms with Crippen molar-refractivity contribution < 1.29 is 9.90 Å². The fourth-order valence-corrected chi connectivity index (χ4v) is 3.52. The topological polar surface area (TPSA) is 40.5 Å². The van der Waals surface area contributed by atoms with Crippen molar-refractivity contribution in [1.82, 2.24) is 4.90 Å². The third-order valence-corrected chi connectivity index (χ3v) is 4.13. The molecule has 2 fully saturated rings. The Hall–Kier alpha value is -0.990. The van der Waals surface area contributed by atoms with Crippen molar-refractivity contribution >= 4 is 5.97 Å². The van der Waals surface area contributed by atoms with E-state index < -0.39 is 5.97 Å². The molecule has 0 bridgehead atoms. The van der Waals surface area contributed by atoms with Crippen molar-refractivity contribution in [3.05, 3.63) is 11.8 Å². The zero-order valence-corrected chi connectivity index (χ0v) is 10.3. The zero-order valence-electron chi connectivity index (χ0n) is 10.3. The number of carboxylic acid groups (broad SMARTS) is 1. The number of rotatable bonds is 2. The van der Waals surface area contributed by atoms with Crippen LogP contribution in [0.3, 0.4) is 0 Å². The van der Waals surface area contributed by atoms with Crippen molar-refractivity contribution in [3.63, 3.8) is 0 Å². The SMILES string of the molecule is C/C=C1\CC2C(C(=O)O)CCC2N1C(C)C. The first-order valence-electron chi connectivity index (χ1n) is 6.22. The highest BCUT2D eigenvalue weighted by Gasteiger charge is 2.48. The molecule has 1 N–H and O–H groups in total. The van der Waals surface area contributed by atoms with E-state index in [-0.39, 0.29) is 5.92 Å². The molecular weight excluding hydrogens is 202 g/mol. The van der Waals surface area contributed by atoms with Crippen LogP contribution in [0.15, 0.2) is 11.8 Å². The van der Waals surface area contributed by atoms with Crippen molar-refractivity contribution in [1.29, 1.82) is 0 Å². The molecule has 3 nitrogen and oxygen atoms in total. The number of carbonyl (C=O) groups is 1. The number of aliphatic carboxylic acids is 1. The zero-order chi connectivity index (χ0) is 11.9. The second kappa shape index (κ2) is 4.11. The van der Waals surface area contributed by atoms with Crippen LogP contribution in [0, 0.1) is 11.8 Å². The summed E-state index contributed by atoms with van der Waals surface area (Å²) in [5.74, 6) is -0.386. The van der Waals surface area contributed by atoms with Gasteiger partial charge in [-0.25, -0.2) is 0 Å². The molecule has 3 unspecified atom stereocenters. The Morgan fingerprint density at radius 3 is 2.69 bits per heavy atom. The Labute approximate surface area is 97.1 Å². The van der Waals surface area contributed by atoms with Gasteiger partial charge in [0, 0.05) is 17.8 Å². The molecule has 1 saturated carbocycles. The Bertz CT molecular complexity index is 322. The minimum atomic E-state index is -0.603. The Morgan fingerprint density at radius 2 is 2.19 bits per heavy atom. The van der Waals surface area contributed by atoms with E-state index in [1.165, 1.54) is 5.70 Å². The number of hydrogen-bond acceptors (Lipinski definition) is 2. The molecule has 0 amide bonds. The maximum atomic E-state index is 11.2. The predicted octanol–water partition coefficient (Wildman–Crippen LogP) is 2.48. The summed E-state index contributed by atoms with van der Waals surface area (Å²) in [6.45, 7) is 6.45. The van der Waals surface area contributed by atoms with Crippen LogP contribution < -0.4 is 0 Å². The van der Waals surface area contributed by atoms with Crippen LogP contribution in [0.25, 0.3) is 0 Å². The molecule has 90 valence electrons. The van der Waals surface area contributed by atoms with Gasteiger partial charge < -0.3 is 10.0 Å². The third-order valence-electron chi connectivity index (χ3n) is 4.13. The van der Waals surface area contributed by atoms with Crippen molar-refractivity contribution in [2.75, 3.05) is 0 Å². The molecule has 1 heterocycles. The molecule has 1 saturated heterocycles. The predicted molar refractivity (Wildman–Crippen MR) is 63.0 cm³/mol. The van der Waals surface area contributed by atoms with Gasteiger partial charge in [0.1, 0.15) is 0 Å². The van der Waals surface area contributed by atoms with Crippen LogP contribution in [-0.4, -0.2) is 28.1 Å². The summed E-state index contributed by atoms with van der Waals surface area (Å²) in [4.78, 5) is 13.6. The smallest absolute Gasteiger partial charge is 0.306 e. The lowest BCUT2D eigenvalue weighted by Crippen LogP contribution is -2.35. The molecule has 1 aliphatic heterocycles. The fourth-order valence-electron chi connectivity index (χ4n) is 3.52. The van der Waals surface area contributed by atoms with E-state index in [4.69, 9.17) is 0 Å². The van der Waals surface area contributed by atoms with Crippen LogP contribution in [-0.2, 0) is 4.79 Å². The summed E-state index contributed by atoms with van der Waals surface area (Å²) in [7, 11) is 0. The van der Waals surface area contributed by atoms with Gasteiger partial charge in [0.25, 0.3) is 0 Å². The average molecular weight is 223 g/mol. The quantitative estimate of drug-likeness (QED) is 0.782. The maximum absolute atomic E-state index is 11.2. The number of likely N-dealkylation sites (tertiary alicyclic amines) is 1. The average Bonchev–Trinajstić information content (AvgIpc) is 2.72. The van der Waals surface area contributed by atoms with Gasteiger partial charge in [-0.1, -0.05) is 6.08 Å². The van der Waals surface area contributed by atoms with E-state index in [1.54, 1.807) is 0 Å². The van der Waals surface area contributed by atoms with E-state index >= 15 is 0 Å². The highest BCUT2D eigenvalue weighted by molar-refractivity contribution is 5.71. The monoisotopic (exact) mass is 223 g/mol. The minimum absolute atomic E-state index is 0.122. The second-order valence-corrected chi connectivity index (χ2v) is 5.24. The van der Waals surface area contributed by atoms with Crippen molar-refractivity contribution in [2.45, 2.75) is 52.1 Å². The largest absolute Gasteiger partial charge is 0.481 e. The van der Waals surface area contributed by atoms with Crippen molar-refractivity contribution in [3.8, 4) is 0 Å². The lowest BCUT2D eigenvalue weighted by molar-refractivity contribution is -0.142. The lowest BCUT2D eigenvalue weighted by atomic mass is 9.93. The van der Waals surface area contributed by atoms with Gasteiger partial charge >= 0.3 is 5.97 Å². The number of fused-ring (bicyclic) bond motifs is 1. The van der Waals surface area contributed by atoms with E-state index in [0.29, 0.717) is 18.0 Å². The second-order valence-electron chi connectivity index (χ2n) is 5.24. The molecule has 0 aromatic carbocycles. The van der Waals surface area contributed by atoms with Gasteiger partial charge in [-0.05, 0) is 46.0 Å². The van der Waals surface area contributed by atoms with Crippen LogP contribution in [0.1, 0.15) is 40.0 Å². The Morgan fingerprint density at radius 1 is 1.50 bits per heavy atom. The molecule has 0 radical (unpaired) electrons. The van der Waals surface area contributed by atoms with Gasteiger partial charge in [0.05, 0.1) is 5.92 Å². The molecule has 3 heteroatoms. The van der Waals surface area contributed by atoms with Crippen LogP contribution in [0.5, 0.6) is 0 Å². The first kappa shape index (κ1) is 11.5. The summed E-state index contributed by atoms with van der Waals surface area (Å²) in [6, 6.07) is 0.945.